The van der Waals surface area contributed by atoms with Crippen molar-refractivity contribution < 1.29 is 9.59 Å². The summed E-state index contributed by atoms with van der Waals surface area (Å²) in [6.07, 6.45) is 2.22. The Morgan fingerprint density at radius 2 is 1.70 bits per heavy atom. The van der Waals surface area contributed by atoms with E-state index in [9.17, 15) is 9.59 Å². The van der Waals surface area contributed by atoms with Gasteiger partial charge in [-0.25, -0.2) is 0 Å². The first-order valence-corrected chi connectivity index (χ1v) is 11.7. The minimum absolute atomic E-state index is 0.0327. The fourth-order valence-corrected chi connectivity index (χ4v) is 4.96. The van der Waals surface area contributed by atoms with E-state index in [2.05, 4.69) is 29.4 Å². The predicted octanol–water partition coefficient (Wildman–Crippen LogP) is 4.84. The monoisotopic (exact) mass is 439 g/mol. The number of nitrogens with one attached hydrogen (secondary N) is 2. The lowest BCUT2D eigenvalue weighted by molar-refractivity contribution is -0.126. The molecule has 0 radical (unpaired) electrons. The van der Waals surface area contributed by atoms with E-state index in [-0.39, 0.29) is 17.7 Å². The Hall–Kier alpha value is -3.60. The van der Waals surface area contributed by atoms with Crippen molar-refractivity contribution in [1.82, 2.24) is 15.2 Å². The number of aromatic amines is 1. The van der Waals surface area contributed by atoms with E-state index in [4.69, 9.17) is 0 Å². The highest BCUT2D eigenvalue weighted by Crippen LogP contribution is 2.23. The quantitative estimate of drug-likeness (QED) is 0.467. The van der Waals surface area contributed by atoms with Crippen LogP contribution >= 0.6 is 0 Å². The van der Waals surface area contributed by atoms with Crippen LogP contribution in [-0.2, 0) is 11.2 Å². The van der Waals surface area contributed by atoms with E-state index >= 15 is 0 Å². The molecule has 5 nitrogen and oxygen atoms in total. The van der Waals surface area contributed by atoms with Crippen molar-refractivity contribution in [3.8, 4) is 0 Å². The zero-order valence-electron chi connectivity index (χ0n) is 18.9. The summed E-state index contributed by atoms with van der Waals surface area (Å²) in [5, 5.41) is 6.55. The summed E-state index contributed by atoms with van der Waals surface area (Å²) in [5.74, 6) is 0.120. The largest absolute Gasteiger partial charge is 0.358 e. The van der Waals surface area contributed by atoms with Gasteiger partial charge in [0.25, 0.3) is 5.91 Å². The van der Waals surface area contributed by atoms with Crippen molar-refractivity contribution >= 4 is 33.5 Å². The van der Waals surface area contributed by atoms with E-state index < -0.39 is 0 Å². The molecule has 1 saturated heterocycles. The number of hydrogen-bond acceptors (Lipinski definition) is 2. The van der Waals surface area contributed by atoms with E-state index in [0.717, 1.165) is 28.4 Å². The van der Waals surface area contributed by atoms with E-state index in [0.29, 0.717) is 38.0 Å². The van der Waals surface area contributed by atoms with Gasteiger partial charge in [0.1, 0.15) is 0 Å². The number of amides is 2. The van der Waals surface area contributed by atoms with E-state index in [1.165, 1.54) is 10.9 Å². The van der Waals surface area contributed by atoms with Crippen molar-refractivity contribution in [3.63, 3.8) is 0 Å². The SMILES string of the molecule is Cc1[nH]c2ccccc2c1CCNC(=O)C1CCN(C(=O)c2ccc3ccccc3c2)CC1. The second kappa shape index (κ2) is 9.10. The number of aromatic nitrogens is 1. The molecule has 2 heterocycles. The molecule has 0 unspecified atom stereocenters. The Labute approximate surface area is 193 Å². The van der Waals surface area contributed by atoms with Gasteiger partial charge in [0.15, 0.2) is 0 Å². The van der Waals surface area contributed by atoms with Gasteiger partial charge in [-0.05, 0) is 60.7 Å². The maximum atomic E-state index is 13.0. The molecule has 1 fully saturated rings. The van der Waals surface area contributed by atoms with Gasteiger partial charge in [0.05, 0.1) is 0 Å². The van der Waals surface area contributed by atoms with Crippen LogP contribution in [0.1, 0.15) is 34.5 Å². The summed E-state index contributed by atoms with van der Waals surface area (Å²) < 4.78 is 0. The molecule has 3 aromatic carbocycles. The lowest BCUT2D eigenvalue weighted by Gasteiger charge is -2.31. The lowest BCUT2D eigenvalue weighted by Crippen LogP contribution is -2.43. The van der Waals surface area contributed by atoms with Gasteiger partial charge in [0.2, 0.25) is 5.91 Å². The van der Waals surface area contributed by atoms with Crippen LogP contribution in [0.5, 0.6) is 0 Å². The number of H-pyrrole nitrogens is 1. The molecule has 2 amide bonds. The van der Waals surface area contributed by atoms with Crippen molar-refractivity contribution in [2.45, 2.75) is 26.2 Å². The molecule has 2 N–H and O–H groups in total. The van der Waals surface area contributed by atoms with E-state index in [1.54, 1.807) is 0 Å². The zero-order valence-corrected chi connectivity index (χ0v) is 18.9. The Morgan fingerprint density at radius 1 is 0.970 bits per heavy atom. The molecule has 0 aliphatic carbocycles. The van der Waals surface area contributed by atoms with Crippen LogP contribution in [0.15, 0.2) is 66.7 Å². The number of carbonyl (C=O) groups excluding carboxylic acids is 2. The predicted molar refractivity (Wildman–Crippen MR) is 132 cm³/mol. The second-order valence-electron chi connectivity index (χ2n) is 8.94. The molecule has 0 bridgehead atoms. The van der Waals surface area contributed by atoms with Crippen LogP contribution in [0.2, 0.25) is 0 Å². The first-order valence-electron chi connectivity index (χ1n) is 11.7. The number of fused-ring (bicyclic) bond motifs is 2. The number of carbonyl (C=O) groups is 2. The van der Waals surface area contributed by atoms with Gasteiger partial charge in [-0.15, -0.1) is 0 Å². The molecule has 1 aliphatic rings. The van der Waals surface area contributed by atoms with Crippen LogP contribution in [0.25, 0.3) is 21.7 Å². The number of hydrogen-bond donors (Lipinski definition) is 2. The summed E-state index contributed by atoms with van der Waals surface area (Å²) in [5.41, 5.74) is 4.28. The number of nitrogens with zero attached hydrogens (tertiary/aromatic N) is 1. The molecule has 0 spiro atoms. The smallest absolute Gasteiger partial charge is 0.253 e. The highest BCUT2D eigenvalue weighted by atomic mass is 16.2. The van der Waals surface area contributed by atoms with Crippen LogP contribution in [0.3, 0.4) is 0 Å². The van der Waals surface area contributed by atoms with E-state index in [1.807, 2.05) is 59.5 Å². The first-order chi connectivity index (χ1) is 16.1. The fraction of sp³-hybridized carbons (Fsp3) is 0.286. The molecule has 5 heteroatoms. The molecule has 1 aromatic heterocycles. The summed E-state index contributed by atoms with van der Waals surface area (Å²) in [6, 6.07) is 22.2. The number of benzene rings is 3. The third kappa shape index (κ3) is 4.36. The van der Waals surface area contributed by atoms with Gasteiger partial charge in [-0.2, -0.15) is 0 Å². The van der Waals surface area contributed by atoms with Gasteiger partial charge in [0, 0.05) is 47.7 Å². The molecular formula is C28H29N3O2. The second-order valence-corrected chi connectivity index (χ2v) is 8.94. The fourth-order valence-electron chi connectivity index (χ4n) is 4.96. The third-order valence-corrected chi connectivity index (χ3v) is 6.85. The van der Waals surface area contributed by atoms with Gasteiger partial charge >= 0.3 is 0 Å². The summed E-state index contributed by atoms with van der Waals surface area (Å²) in [7, 11) is 0. The average molecular weight is 440 g/mol. The number of rotatable bonds is 5. The molecule has 0 atom stereocenters. The summed E-state index contributed by atoms with van der Waals surface area (Å²) in [4.78, 5) is 31.0. The summed E-state index contributed by atoms with van der Waals surface area (Å²) in [6.45, 7) is 3.94. The Bertz CT molecular complexity index is 1320. The average Bonchev–Trinajstić information content (AvgIpc) is 3.18. The Kier molecular flexibility index (Phi) is 5.86. The van der Waals surface area contributed by atoms with Crippen molar-refractivity contribution in [1.29, 1.82) is 0 Å². The third-order valence-electron chi connectivity index (χ3n) is 6.85. The van der Waals surface area contributed by atoms with Gasteiger partial charge in [-0.3, -0.25) is 9.59 Å². The van der Waals surface area contributed by atoms with Gasteiger partial charge in [-0.1, -0.05) is 48.5 Å². The normalized spacial score (nSPS) is 14.6. The topological polar surface area (TPSA) is 65.2 Å². The molecular weight excluding hydrogens is 410 g/mol. The molecule has 1 aliphatic heterocycles. The standard InChI is InChI=1S/C28H29N3O2/c1-19-24(25-8-4-5-9-26(25)30-19)12-15-29-27(32)21-13-16-31(17-14-21)28(33)23-11-10-20-6-2-3-7-22(20)18-23/h2-11,18,21,30H,12-17H2,1H3,(H,29,32). The Balaban J connectivity index is 1.14. The molecule has 168 valence electrons. The maximum Gasteiger partial charge on any atom is 0.253 e. The number of para-hydroxylation sites is 1. The number of likely N-dealkylation sites (tertiary alicyclic amines) is 1. The maximum absolute atomic E-state index is 13.0. The van der Waals surface area contributed by atoms with Crippen molar-refractivity contribution in [2.24, 2.45) is 5.92 Å². The Morgan fingerprint density at radius 3 is 2.52 bits per heavy atom. The number of piperidine rings is 1. The lowest BCUT2D eigenvalue weighted by atomic mass is 9.95. The highest BCUT2D eigenvalue weighted by Gasteiger charge is 2.27. The number of aryl methyl sites for hydroxylation is 1. The van der Waals surface area contributed by atoms with Gasteiger partial charge < -0.3 is 15.2 Å². The first kappa shape index (κ1) is 21.3. The van der Waals surface area contributed by atoms with Crippen molar-refractivity contribution in [3.05, 3.63) is 83.6 Å². The van der Waals surface area contributed by atoms with Crippen LogP contribution in [0, 0.1) is 12.8 Å². The molecule has 4 aromatic rings. The molecule has 5 rings (SSSR count). The van der Waals surface area contributed by atoms with Crippen molar-refractivity contribution in [2.75, 3.05) is 19.6 Å². The highest BCUT2D eigenvalue weighted by molar-refractivity contribution is 5.98. The summed E-state index contributed by atoms with van der Waals surface area (Å²) >= 11 is 0. The minimum Gasteiger partial charge on any atom is -0.358 e. The minimum atomic E-state index is -0.0327. The van der Waals surface area contributed by atoms with Crippen LogP contribution in [-0.4, -0.2) is 41.3 Å². The molecule has 33 heavy (non-hydrogen) atoms. The van der Waals surface area contributed by atoms with Crippen LogP contribution in [0.4, 0.5) is 0 Å². The van der Waals surface area contributed by atoms with Crippen LogP contribution < -0.4 is 5.32 Å². The molecule has 0 saturated carbocycles. The zero-order chi connectivity index (χ0) is 22.8.